The van der Waals surface area contributed by atoms with Crippen molar-refractivity contribution in [3.8, 4) is 0 Å². The third-order valence-electron chi connectivity index (χ3n) is 3.44. The lowest BCUT2D eigenvalue weighted by atomic mass is 10.3. The molecule has 0 saturated carbocycles. The Morgan fingerprint density at radius 1 is 1.20 bits per heavy atom. The summed E-state index contributed by atoms with van der Waals surface area (Å²) >= 11 is 0.595. The number of hydrogen-bond acceptors (Lipinski definition) is 4. The quantitative estimate of drug-likeness (QED) is 0.814. The summed E-state index contributed by atoms with van der Waals surface area (Å²) in [5.41, 5.74) is 0.798. The molecule has 1 aliphatic rings. The third kappa shape index (κ3) is 4.92. The van der Waals surface area contributed by atoms with Crippen molar-refractivity contribution in [1.29, 1.82) is 0 Å². The fourth-order valence-electron chi connectivity index (χ4n) is 2.23. The lowest BCUT2D eigenvalue weighted by molar-refractivity contribution is 0.158. The molecule has 0 radical (unpaired) electrons. The highest BCUT2D eigenvalue weighted by atomic mass is 32.2. The molecule has 1 aliphatic heterocycles. The Bertz CT molecular complexity index is 409. The zero-order valence-corrected chi connectivity index (χ0v) is 12.5. The molecule has 1 aromatic carbocycles. The number of thioether (sulfide) groups is 1. The lowest BCUT2D eigenvalue weighted by Gasteiger charge is -2.32. The Morgan fingerprint density at radius 3 is 2.60 bits per heavy atom. The Kier molecular flexibility index (Phi) is 6.06. The molecule has 2 rings (SSSR count). The molecule has 0 unspecified atom stereocenters. The van der Waals surface area contributed by atoms with E-state index in [1.807, 2.05) is 12.1 Å². The number of nitrogens with zero attached hydrogens (tertiary/aromatic N) is 2. The zero-order chi connectivity index (χ0) is 14.4. The number of benzene rings is 1. The summed E-state index contributed by atoms with van der Waals surface area (Å²) in [5.74, 6) is -2.38. The number of rotatable bonds is 6. The fourth-order valence-corrected chi connectivity index (χ4v) is 2.85. The first-order chi connectivity index (χ1) is 9.65. The molecular weight excluding hydrogens is 280 g/mol. The van der Waals surface area contributed by atoms with Crippen LogP contribution in [0.1, 0.15) is 0 Å². The predicted octanol–water partition coefficient (Wildman–Crippen LogP) is 2.66. The number of alkyl halides is 2. The van der Waals surface area contributed by atoms with Gasteiger partial charge in [0.2, 0.25) is 0 Å². The zero-order valence-electron chi connectivity index (χ0n) is 11.7. The van der Waals surface area contributed by atoms with Crippen LogP contribution in [-0.4, -0.2) is 61.9 Å². The molecule has 1 N–H and O–H groups in total. The van der Waals surface area contributed by atoms with Crippen LogP contribution in [0.15, 0.2) is 29.2 Å². The van der Waals surface area contributed by atoms with Crippen molar-refractivity contribution >= 4 is 17.4 Å². The van der Waals surface area contributed by atoms with Crippen LogP contribution in [0.5, 0.6) is 0 Å². The van der Waals surface area contributed by atoms with Crippen molar-refractivity contribution in [3.05, 3.63) is 24.3 Å². The Morgan fingerprint density at radius 2 is 1.90 bits per heavy atom. The van der Waals surface area contributed by atoms with Gasteiger partial charge in [0.05, 0.1) is 0 Å². The monoisotopic (exact) mass is 301 g/mol. The smallest absolute Gasteiger partial charge is 0.288 e. The topological polar surface area (TPSA) is 18.5 Å². The van der Waals surface area contributed by atoms with Gasteiger partial charge in [-0.05, 0) is 19.2 Å². The maximum absolute atomic E-state index is 12.5. The second-order valence-electron chi connectivity index (χ2n) is 4.95. The highest BCUT2D eigenvalue weighted by Crippen LogP contribution is 2.31. The molecule has 1 saturated heterocycles. The van der Waals surface area contributed by atoms with Crippen LogP contribution in [0.4, 0.5) is 14.5 Å². The van der Waals surface area contributed by atoms with E-state index >= 15 is 0 Å². The average Bonchev–Trinajstić information content (AvgIpc) is 2.42. The molecule has 112 valence electrons. The average molecular weight is 301 g/mol. The summed E-state index contributed by atoms with van der Waals surface area (Å²) in [7, 11) is 2.13. The van der Waals surface area contributed by atoms with E-state index in [1.165, 1.54) is 0 Å². The van der Waals surface area contributed by atoms with E-state index in [-0.39, 0.29) is 0 Å². The van der Waals surface area contributed by atoms with Gasteiger partial charge in [-0.1, -0.05) is 23.9 Å². The van der Waals surface area contributed by atoms with Crippen LogP contribution in [0, 0.1) is 0 Å². The van der Waals surface area contributed by atoms with Gasteiger partial charge in [0.15, 0.2) is 0 Å². The number of halogens is 2. The van der Waals surface area contributed by atoms with Gasteiger partial charge in [-0.3, -0.25) is 4.90 Å². The summed E-state index contributed by atoms with van der Waals surface area (Å²) in [5, 5.41) is 3.27. The van der Waals surface area contributed by atoms with Gasteiger partial charge in [-0.2, -0.15) is 8.78 Å². The molecule has 1 aromatic rings. The minimum atomic E-state index is -2.38. The Labute approximate surface area is 123 Å². The fraction of sp³-hybridized carbons (Fsp3) is 0.571. The number of anilines is 1. The van der Waals surface area contributed by atoms with Gasteiger partial charge in [-0.25, -0.2) is 0 Å². The predicted molar refractivity (Wildman–Crippen MR) is 80.7 cm³/mol. The summed E-state index contributed by atoms with van der Waals surface area (Å²) in [6, 6.07) is 7.24. The van der Waals surface area contributed by atoms with E-state index in [9.17, 15) is 8.78 Å². The van der Waals surface area contributed by atoms with Crippen LogP contribution >= 0.6 is 11.8 Å². The molecular formula is C14H21F2N3S. The van der Waals surface area contributed by atoms with Crippen molar-refractivity contribution in [2.75, 3.05) is 51.6 Å². The lowest BCUT2D eigenvalue weighted by Crippen LogP contribution is -2.45. The first kappa shape index (κ1) is 15.5. The van der Waals surface area contributed by atoms with Crippen molar-refractivity contribution in [3.63, 3.8) is 0 Å². The van der Waals surface area contributed by atoms with Crippen LogP contribution in [-0.2, 0) is 0 Å². The Hall–Kier alpha value is -0.850. The first-order valence-electron chi connectivity index (χ1n) is 6.84. The summed E-state index contributed by atoms with van der Waals surface area (Å²) < 4.78 is 24.9. The second kappa shape index (κ2) is 7.81. The normalized spacial score (nSPS) is 17.6. The highest BCUT2D eigenvalue weighted by Gasteiger charge is 2.13. The number of nitrogens with one attached hydrogen (secondary N) is 1. The van der Waals surface area contributed by atoms with Gasteiger partial charge >= 0.3 is 0 Å². The van der Waals surface area contributed by atoms with Gasteiger partial charge in [0, 0.05) is 49.9 Å². The van der Waals surface area contributed by atoms with Crippen molar-refractivity contribution in [1.82, 2.24) is 9.80 Å². The highest BCUT2D eigenvalue weighted by molar-refractivity contribution is 7.99. The molecule has 1 fully saturated rings. The third-order valence-corrected chi connectivity index (χ3v) is 4.23. The molecule has 0 bridgehead atoms. The standard InChI is InChI=1S/C14H21F2N3S/c1-18-8-10-19(11-9-18)7-6-17-12-4-2-3-5-13(12)20-14(15)16/h2-5,14,17H,6-11H2,1H3. The molecule has 0 aromatic heterocycles. The van der Waals surface area contributed by atoms with E-state index in [0.717, 1.165) is 45.0 Å². The molecule has 3 nitrogen and oxygen atoms in total. The number of hydrogen-bond donors (Lipinski definition) is 1. The van der Waals surface area contributed by atoms with Crippen LogP contribution in [0.2, 0.25) is 0 Å². The van der Waals surface area contributed by atoms with Crippen LogP contribution in [0.25, 0.3) is 0 Å². The molecule has 6 heteroatoms. The molecule has 1 heterocycles. The number of para-hydroxylation sites is 1. The van der Waals surface area contributed by atoms with Crippen molar-refractivity contribution in [2.24, 2.45) is 0 Å². The van der Waals surface area contributed by atoms with Gasteiger partial charge in [0.25, 0.3) is 5.76 Å². The van der Waals surface area contributed by atoms with E-state index < -0.39 is 5.76 Å². The summed E-state index contributed by atoms with van der Waals surface area (Å²) in [6.07, 6.45) is 0. The van der Waals surface area contributed by atoms with Crippen molar-refractivity contribution < 1.29 is 8.78 Å². The minimum Gasteiger partial charge on any atom is -0.383 e. The molecule has 0 spiro atoms. The first-order valence-corrected chi connectivity index (χ1v) is 7.72. The van der Waals surface area contributed by atoms with Crippen LogP contribution < -0.4 is 5.32 Å². The summed E-state index contributed by atoms with van der Waals surface area (Å²) in [6.45, 7) is 6.07. The van der Waals surface area contributed by atoms with E-state index in [4.69, 9.17) is 0 Å². The molecule has 0 atom stereocenters. The minimum absolute atomic E-state index is 0.595. The molecule has 20 heavy (non-hydrogen) atoms. The van der Waals surface area contributed by atoms with Crippen LogP contribution in [0.3, 0.4) is 0 Å². The SMILES string of the molecule is CN1CCN(CCNc2ccccc2SC(F)F)CC1. The number of piperazine rings is 1. The van der Waals surface area contributed by atoms with Crippen molar-refractivity contribution in [2.45, 2.75) is 10.7 Å². The largest absolute Gasteiger partial charge is 0.383 e. The van der Waals surface area contributed by atoms with E-state index in [2.05, 4.69) is 22.2 Å². The second-order valence-corrected chi connectivity index (χ2v) is 5.98. The maximum Gasteiger partial charge on any atom is 0.288 e. The van der Waals surface area contributed by atoms with E-state index in [0.29, 0.717) is 16.7 Å². The van der Waals surface area contributed by atoms with Gasteiger partial charge in [-0.15, -0.1) is 0 Å². The Balaban J connectivity index is 1.79. The number of likely N-dealkylation sites (N-methyl/N-ethyl adjacent to an activating group) is 1. The maximum atomic E-state index is 12.5. The van der Waals surface area contributed by atoms with E-state index in [1.54, 1.807) is 12.1 Å². The van der Waals surface area contributed by atoms with Gasteiger partial charge < -0.3 is 10.2 Å². The molecule has 0 aliphatic carbocycles. The summed E-state index contributed by atoms with van der Waals surface area (Å²) in [4.78, 5) is 5.33. The van der Waals surface area contributed by atoms with Gasteiger partial charge in [0.1, 0.15) is 0 Å². The molecule has 0 amide bonds.